The molecule has 7 nitrogen and oxygen atoms in total. The number of benzene rings is 2. The number of methoxy groups -OCH3 is 1. The maximum Gasteiger partial charge on any atom is 0.252 e. The average Bonchev–Trinajstić information content (AvgIpc) is 2.89. The lowest BCUT2D eigenvalue weighted by Gasteiger charge is -2.17. The van der Waals surface area contributed by atoms with Crippen molar-refractivity contribution in [3.8, 4) is 5.75 Å². The fourth-order valence-corrected chi connectivity index (χ4v) is 5.16. The van der Waals surface area contributed by atoms with E-state index in [1.807, 2.05) is 24.3 Å². The van der Waals surface area contributed by atoms with Crippen LogP contribution in [-0.2, 0) is 21.2 Å². The van der Waals surface area contributed by atoms with Gasteiger partial charge in [0.05, 0.1) is 35.1 Å². The lowest BCUT2D eigenvalue weighted by atomic mass is 10.1. The van der Waals surface area contributed by atoms with E-state index in [1.54, 1.807) is 14.0 Å². The van der Waals surface area contributed by atoms with E-state index in [9.17, 15) is 18.0 Å². The molecule has 1 fully saturated rings. The Bertz CT molecular complexity index is 1050. The van der Waals surface area contributed by atoms with Gasteiger partial charge in [-0.2, -0.15) is 0 Å². The van der Waals surface area contributed by atoms with Gasteiger partial charge in [-0.05, 0) is 42.3 Å². The summed E-state index contributed by atoms with van der Waals surface area (Å²) in [5.74, 6) is -1.11. The van der Waals surface area contributed by atoms with Crippen molar-refractivity contribution in [3.05, 3.63) is 58.6 Å². The van der Waals surface area contributed by atoms with Gasteiger partial charge in [-0.15, -0.1) is 0 Å². The van der Waals surface area contributed by atoms with E-state index in [1.165, 1.54) is 18.2 Å². The number of carbonyl (C=O) groups is 2. The number of nitrogens with one attached hydrogen (secondary N) is 1. The number of hydrogen-bond acceptors (Lipinski definition) is 5. The summed E-state index contributed by atoms with van der Waals surface area (Å²) < 4.78 is 30.5. The number of halogens is 1. The average molecular weight is 437 g/mol. The zero-order valence-corrected chi connectivity index (χ0v) is 17.6. The Morgan fingerprint density at radius 2 is 2.03 bits per heavy atom. The fourth-order valence-electron chi connectivity index (χ4n) is 3.14. The van der Waals surface area contributed by atoms with E-state index in [4.69, 9.17) is 16.3 Å². The molecule has 1 aliphatic heterocycles. The molecule has 0 radical (unpaired) electrons. The number of carbonyl (C=O) groups excluding carboxylic acids is 2. The van der Waals surface area contributed by atoms with E-state index in [0.717, 1.165) is 15.6 Å². The summed E-state index contributed by atoms with van der Waals surface area (Å²) in [6.45, 7) is 1.91. The zero-order valence-electron chi connectivity index (χ0n) is 16.0. The number of amides is 2. The summed E-state index contributed by atoms with van der Waals surface area (Å²) in [6, 6.07) is 11.7. The third kappa shape index (κ3) is 4.54. The Kier molecular flexibility index (Phi) is 6.14. The van der Waals surface area contributed by atoms with Gasteiger partial charge >= 0.3 is 0 Å². The second kappa shape index (κ2) is 8.42. The highest BCUT2D eigenvalue weighted by atomic mass is 35.5. The maximum absolute atomic E-state index is 12.6. The van der Waals surface area contributed by atoms with Crippen LogP contribution >= 0.6 is 11.6 Å². The van der Waals surface area contributed by atoms with Gasteiger partial charge in [0.15, 0.2) is 0 Å². The molecule has 0 spiro atoms. The smallest absolute Gasteiger partial charge is 0.252 e. The largest absolute Gasteiger partial charge is 0.497 e. The Morgan fingerprint density at radius 1 is 1.28 bits per heavy atom. The minimum absolute atomic E-state index is 0.109. The third-order valence-electron chi connectivity index (χ3n) is 4.62. The van der Waals surface area contributed by atoms with Gasteiger partial charge in [0.25, 0.3) is 5.91 Å². The predicted molar refractivity (Wildman–Crippen MR) is 111 cm³/mol. The third-order valence-corrected chi connectivity index (χ3v) is 6.82. The second-order valence-electron chi connectivity index (χ2n) is 6.80. The summed E-state index contributed by atoms with van der Waals surface area (Å²) >= 11 is 6.14. The monoisotopic (exact) mass is 436 g/mol. The highest BCUT2D eigenvalue weighted by molar-refractivity contribution is 7.94. The number of rotatable bonds is 6. The van der Waals surface area contributed by atoms with Crippen molar-refractivity contribution in [2.75, 3.05) is 23.7 Å². The van der Waals surface area contributed by atoms with E-state index >= 15 is 0 Å². The van der Waals surface area contributed by atoms with Crippen LogP contribution in [0.5, 0.6) is 5.75 Å². The molecule has 1 atom stereocenters. The Hall–Kier alpha value is -2.58. The molecule has 29 heavy (non-hydrogen) atoms. The second-order valence-corrected chi connectivity index (χ2v) is 9.07. The Labute approximate surface area is 174 Å². The van der Waals surface area contributed by atoms with Crippen LogP contribution in [-0.4, -0.2) is 39.6 Å². The van der Waals surface area contributed by atoms with E-state index in [0.29, 0.717) is 13.0 Å². The fraction of sp³-hybridized carbons (Fsp3) is 0.300. The maximum atomic E-state index is 12.6. The molecule has 154 valence electrons. The van der Waals surface area contributed by atoms with Crippen LogP contribution < -0.4 is 14.4 Å². The van der Waals surface area contributed by atoms with Crippen LogP contribution in [0.2, 0.25) is 5.02 Å². The van der Waals surface area contributed by atoms with Crippen LogP contribution in [0.15, 0.2) is 42.5 Å². The molecule has 2 amide bonds. The number of hydrogen-bond donors (Lipinski definition) is 1. The molecule has 2 aromatic rings. The van der Waals surface area contributed by atoms with Crippen molar-refractivity contribution in [3.63, 3.8) is 0 Å². The SMILES string of the molecule is COc1cccc(CCNC(=O)c2cc(N3C(=O)C(C)CS3(=O)=O)ccc2Cl)c1. The summed E-state index contributed by atoms with van der Waals surface area (Å²) in [6.07, 6.45) is 0.580. The van der Waals surface area contributed by atoms with Crippen molar-refractivity contribution in [2.24, 2.45) is 5.92 Å². The normalized spacial score (nSPS) is 18.0. The number of nitrogens with zero attached hydrogens (tertiary/aromatic N) is 1. The van der Waals surface area contributed by atoms with Crippen LogP contribution in [0.3, 0.4) is 0 Å². The Balaban J connectivity index is 1.74. The summed E-state index contributed by atoms with van der Waals surface area (Å²) in [7, 11) is -2.17. The summed E-state index contributed by atoms with van der Waals surface area (Å²) in [4.78, 5) is 24.9. The number of ether oxygens (including phenoxy) is 1. The summed E-state index contributed by atoms with van der Waals surface area (Å²) in [5.41, 5.74) is 1.21. The van der Waals surface area contributed by atoms with Crippen LogP contribution in [0.25, 0.3) is 0 Å². The highest BCUT2D eigenvalue weighted by Crippen LogP contribution is 2.31. The molecule has 1 unspecified atom stereocenters. The van der Waals surface area contributed by atoms with Gasteiger partial charge in [-0.25, -0.2) is 12.7 Å². The molecule has 0 bridgehead atoms. The first-order valence-corrected chi connectivity index (χ1v) is 11.0. The molecule has 9 heteroatoms. The zero-order chi connectivity index (χ0) is 21.2. The standard InChI is InChI=1S/C20H21ClN2O5S/c1-13-12-29(26,27)23(20(13)25)15-6-7-18(21)17(11-15)19(24)22-9-8-14-4-3-5-16(10-14)28-2/h3-7,10-11,13H,8-9,12H2,1-2H3,(H,22,24). The first-order valence-electron chi connectivity index (χ1n) is 9.00. The lowest BCUT2D eigenvalue weighted by Crippen LogP contribution is -2.31. The molecule has 1 N–H and O–H groups in total. The van der Waals surface area contributed by atoms with Crippen LogP contribution in [0.4, 0.5) is 5.69 Å². The molecule has 1 saturated heterocycles. The number of anilines is 1. The van der Waals surface area contributed by atoms with Crippen molar-refractivity contribution < 1.29 is 22.7 Å². The number of sulfonamides is 1. The van der Waals surface area contributed by atoms with E-state index in [-0.39, 0.29) is 22.0 Å². The van der Waals surface area contributed by atoms with Crippen molar-refractivity contribution in [1.82, 2.24) is 5.32 Å². The molecule has 3 rings (SSSR count). The van der Waals surface area contributed by atoms with Gasteiger partial charge in [0.1, 0.15) is 5.75 Å². The van der Waals surface area contributed by atoms with Crippen molar-refractivity contribution in [1.29, 1.82) is 0 Å². The van der Waals surface area contributed by atoms with Gasteiger partial charge in [-0.3, -0.25) is 9.59 Å². The van der Waals surface area contributed by atoms with Gasteiger partial charge < -0.3 is 10.1 Å². The van der Waals surface area contributed by atoms with Gasteiger partial charge in [-0.1, -0.05) is 30.7 Å². The van der Waals surface area contributed by atoms with Crippen LogP contribution in [0.1, 0.15) is 22.8 Å². The topological polar surface area (TPSA) is 92.8 Å². The first kappa shape index (κ1) is 21.1. The van der Waals surface area contributed by atoms with Crippen molar-refractivity contribution >= 4 is 39.1 Å². The molecular weight excluding hydrogens is 416 g/mol. The molecular formula is C20H21ClN2O5S. The quantitative estimate of drug-likeness (QED) is 0.751. The first-order chi connectivity index (χ1) is 13.7. The highest BCUT2D eigenvalue weighted by Gasteiger charge is 2.42. The molecule has 1 aliphatic rings. The lowest BCUT2D eigenvalue weighted by molar-refractivity contribution is -0.119. The molecule has 0 aromatic heterocycles. The van der Waals surface area contributed by atoms with Crippen molar-refractivity contribution in [2.45, 2.75) is 13.3 Å². The van der Waals surface area contributed by atoms with Gasteiger partial charge in [0.2, 0.25) is 15.9 Å². The molecule has 0 aliphatic carbocycles. The van der Waals surface area contributed by atoms with Gasteiger partial charge in [0, 0.05) is 6.54 Å². The van der Waals surface area contributed by atoms with E-state index in [2.05, 4.69) is 5.32 Å². The van der Waals surface area contributed by atoms with Crippen LogP contribution in [0, 0.1) is 5.92 Å². The summed E-state index contributed by atoms with van der Waals surface area (Å²) in [5, 5.41) is 2.94. The predicted octanol–water partition coefficient (Wildman–Crippen LogP) is 2.63. The minimum Gasteiger partial charge on any atom is -0.497 e. The molecule has 1 heterocycles. The molecule has 2 aromatic carbocycles. The Morgan fingerprint density at radius 3 is 2.69 bits per heavy atom. The van der Waals surface area contributed by atoms with E-state index < -0.39 is 27.8 Å². The molecule has 0 saturated carbocycles. The minimum atomic E-state index is -3.76.